The molecule has 0 aliphatic carbocycles. The topological polar surface area (TPSA) is 125 Å². The van der Waals surface area contributed by atoms with Crippen molar-refractivity contribution in [1.82, 2.24) is 10.6 Å². The summed E-state index contributed by atoms with van der Waals surface area (Å²) in [5, 5.41) is 16.1. The summed E-state index contributed by atoms with van der Waals surface area (Å²) >= 11 is 0. The highest BCUT2D eigenvalue weighted by Crippen LogP contribution is 2.11. The molecule has 8 nitrogen and oxygen atoms in total. The molecule has 1 rings (SSSR count). The van der Waals surface area contributed by atoms with Crippen LogP contribution in [0.15, 0.2) is 24.3 Å². The van der Waals surface area contributed by atoms with Crippen molar-refractivity contribution >= 4 is 29.4 Å². The second kappa shape index (κ2) is 10.8. The van der Waals surface area contributed by atoms with Gasteiger partial charge in [-0.2, -0.15) is 0 Å². The summed E-state index contributed by atoms with van der Waals surface area (Å²) in [5.41, 5.74) is 1.26. The van der Waals surface area contributed by atoms with Gasteiger partial charge in [0.1, 0.15) is 6.54 Å². The fraction of sp³-hybridized carbons (Fsp3) is 0.412. The zero-order chi connectivity index (χ0) is 18.7. The minimum absolute atomic E-state index is 0.0547. The number of carboxylic acid groups (broad SMARTS) is 1. The number of amides is 3. The lowest BCUT2D eigenvalue weighted by Gasteiger charge is -2.07. The number of benzene rings is 1. The first kappa shape index (κ1) is 20.1. The van der Waals surface area contributed by atoms with Crippen LogP contribution < -0.4 is 16.0 Å². The minimum atomic E-state index is -1.10. The first-order valence-electron chi connectivity index (χ1n) is 8.04. The fourth-order valence-corrected chi connectivity index (χ4v) is 1.93. The molecule has 0 fully saturated rings. The lowest BCUT2D eigenvalue weighted by Crippen LogP contribution is -2.30. The number of hydrogen-bond acceptors (Lipinski definition) is 4. The zero-order valence-electron chi connectivity index (χ0n) is 14.1. The largest absolute Gasteiger partial charge is 0.480 e. The summed E-state index contributed by atoms with van der Waals surface area (Å²) < 4.78 is 0. The Morgan fingerprint density at radius 3 is 2.16 bits per heavy atom. The Hall–Kier alpha value is -2.90. The first-order valence-corrected chi connectivity index (χ1v) is 8.04. The van der Waals surface area contributed by atoms with Crippen LogP contribution in [0.4, 0.5) is 5.69 Å². The summed E-state index contributed by atoms with van der Waals surface area (Å²) in [6.45, 7) is 2.13. The maximum Gasteiger partial charge on any atom is 0.322 e. The molecule has 0 aliphatic rings. The standard InChI is InChI=1S/C17H23N3O5/c1-2-9-18-14(21)7-8-15(22)20-13-5-3-12(4-6-13)10-16(23)19-11-17(24)25/h3-6H,2,7-11H2,1H3,(H,18,21)(H,19,23)(H,20,22)(H,24,25). The molecule has 0 saturated heterocycles. The van der Waals surface area contributed by atoms with Crippen LogP contribution in [0.5, 0.6) is 0 Å². The maximum absolute atomic E-state index is 11.8. The van der Waals surface area contributed by atoms with E-state index in [1.54, 1.807) is 24.3 Å². The van der Waals surface area contributed by atoms with Gasteiger partial charge >= 0.3 is 5.97 Å². The molecule has 1 aromatic rings. The molecule has 136 valence electrons. The van der Waals surface area contributed by atoms with E-state index in [1.807, 2.05) is 6.92 Å². The third-order valence-electron chi connectivity index (χ3n) is 3.19. The van der Waals surface area contributed by atoms with Gasteiger partial charge in [0.25, 0.3) is 0 Å². The molecular weight excluding hydrogens is 326 g/mol. The summed E-state index contributed by atoms with van der Waals surface area (Å²) in [6.07, 6.45) is 1.13. The van der Waals surface area contributed by atoms with Gasteiger partial charge in [-0.25, -0.2) is 0 Å². The van der Waals surface area contributed by atoms with Crippen LogP contribution in [-0.2, 0) is 25.6 Å². The molecule has 0 unspecified atom stereocenters. The predicted octanol–water partition coefficient (Wildman–Crippen LogP) is 0.675. The van der Waals surface area contributed by atoms with Crippen LogP contribution in [0.2, 0.25) is 0 Å². The lowest BCUT2D eigenvalue weighted by molar-refractivity contribution is -0.137. The molecule has 1 aromatic carbocycles. The van der Waals surface area contributed by atoms with Gasteiger partial charge in [-0.1, -0.05) is 19.1 Å². The van der Waals surface area contributed by atoms with Crippen molar-refractivity contribution in [3.63, 3.8) is 0 Å². The number of carbonyl (C=O) groups excluding carboxylic acids is 3. The number of rotatable bonds is 10. The van der Waals surface area contributed by atoms with Crippen LogP contribution in [0.25, 0.3) is 0 Å². The molecule has 4 N–H and O–H groups in total. The highest BCUT2D eigenvalue weighted by atomic mass is 16.4. The third-order valence-corrected chi connectivity index (χ3v) is 3.19. The maximum atomic E-state index is 11.8. The van der Waals surface area contributed by atoms with E-state index in [0.29, 0.717) is 17.8 Å². The normalized spacial score (nSPS) is 9.96. The van der Waals surface area contributed by atoms with Crippen molar-refractivity contribution in [2.75, 3.05) is 18.4 Å². The first-order chi connectivity index (χ1) is 11.9. The Balaban J connectivity index is 2.38. The van der Waals surface area contributed by atoms with Crippen LogP contribution in [-0.4, -0.2) is 41.9 Å². The summed E-state index contributed by atoms with van der Waals surface area (Å²) in [6, 6.07) is 6.64. The van der Waals surface area contributed by atoms with Crippen LogP contribution >= 0.6 is 0 Å². The predicted molar refractivity (Wildman–Crippen MR) is 92.0 cm³/mol. The van der Waals surface area contributed by atoms with Crippen LogP contribution in [0.1, 0.15) is 31.7 Å². The summed E-state index contributed by atoms with van der Waals surface area (Å²) in [4.78, 5) is 45.1. The number of carbonyl (C=O) groups is 4. The highest BCUT2D eigenvalue weighted by Gasteiger charge is 2.08. The van der Waals surface area contributed by atoms with Crippen molar-refractivity contribution in [1.29, 1.82) is 0 Å². The van der Waals surface area contributed by atoms with Gasteiger partial charge in [-0.15, -0.1) is 0 Å². The van der Waals surface area contributed by atoms with Gasteiger partial charge in [0, 0.05) is 25.1 Å². The minimum Gasteiger partial charge on any atom is -0.480 e. The molecule has 0 saturated carbocycles. The Morgan fingerprint density at radius 2 is 1.56 bits per heavy atom. The molecule has 0 radical (unpaired) electrons. The van der Waals surface area contributed by atoms with Crippen LogP contribution in [0.3, 0.4) is 0 Å². The molecule has 8 heteroatoms. The number of hydrogen-bond donors (Lipinski definition) is 4. The second-order valence-electron chi connectivity index (χ2n) is 5.44. The van der Waals surface area contributed by atoms with Gasteiger partial charge in [-0.3, -0.25) is 19.2 Å². The highest BCUT2D eigenvalue weighted by molar-refractivity contribution is 5.93. The van der Waals surface area contributed by atoms with E-state index in [9.17, 15) is 19.2 Å². The number of nitrogens with one attached hydrogen (secondary N) is 3. The van der Waals surface area contributed by atoms with Gasteiger partial charge in [0.2, 0.25) is 17.7 Å². The monoisotopic (exact) mass is 349 g/mol. The SMILES string of the molecule is CCCNC(=O)CCC(=O)Nc1ccc(CC(=O)NCC(=O)O)cc1. The average Bonchev–Trinajstić information content (AvgIpc) is 2.58. The Morgan fingerprint density at radius 1 is 0.920 bits per heavy atom. The summed E-state index contributed by atoms with van der Waals surface area (Å²) in [7, 11) is 0. The van der Waals surface area contributed by atoms with E-state index in [-0.39, 0.29) is 31.1 Å². The molecule has 25 heavy (non-hydrogen) atoms. The Bertz CT molecular complexity index is 613. The quantitative estimate of drug-likeness (QED) is 0.494. The molecule has 0 heterocycles. The van der Waals surface area contributed by atoms with E-state index in [1.165, 1.54) is 0 Å². The van der Waals surface area contributed by atoms with Gasteiger partial charge < -0.3 is 21.1 Å². The van der Waals surface area contributed by atoms with Crippen molar-refractivity contribution < 1.29 is 24.3 Å². The molecule has 0 spiro atoms. The number of aliphatic carboxylic acids is 1. The lowest BCUT2D eigenvalue weighted by atomic mass is 10.1. The van der Waals surface area contributed by atoms with Gasteiger partial charge in [-0.05, 0) is 24.1 Å². The molecule has 0 bridgehead atoms. The van der Waals surface area contributed by atoms with Crippen molar-refractivity contribution in [2.45, 2.75) is 32.6 Å². The fourth-order valence-electron chi connectivity index (χ4n) is 1.93. The second-order valence-corrected chi connectivity index (χ2v) is 5.44. The molecule has 3 amide bonds. The number of anilines is 1. The van der Waals surface area contributed by atoms with E-state index in [0.717, 1.165) is 6.42 Å². The smallest absolute Gasteiger partial charge is 0.322 e. The van der Waals surface area contributed by atoms with Crippen molar-refractivity contribution in [3.8, 4) is 0 Å². The molecule has 0 atom stereocenters. The van der Waals surface area contributed by atoms with E-state index in [2.05, 4.69) is 16.0 Å². The van der Waals surface area contributed by atoms with Crippen molar-refractivity contribution in [2.24, 2.45) is 0 Å². The van der Waals surface area contributed by atoms with Crippen molar-refractivity contribution in [3.05, 3.63) is 29.8 Å². The molecular formula is C17H23N3O5. The summed E-state index contributed by atoms with van der Waals surface area (Å²) in [5.74, 6) is -1.91. The van der Waals surface area contributed by atoms with E-state index < -0.39 is 18.4 Å². The number of carboxylic acids is 1. The average molecular weight is 349 g/mol. The third kappa shape index (κ3) is 9.09. The van der Waals surface area contributed by atoms with Crippen LogP contribution in [0, 0.1) is 0 Å². The van der Waals surface area contributed by atoms with Gasteiger partial charge in [0.15, 0.2) is 0 Å². The molecule has 0 aromatic heterocycles. The van der Waals surface area contributed by atoms with E-state index in [4.69, 9.17) is 5.11 Å². The Kier molecular flexibility index (Phi) is 8.70. The van der Waals surface area contributed by atoms with E-state index >= 15 is 0 Å². The van der Waals surface area contributed by atoms with Gasteiger partial charge in [0.05, 0.1) is 6.42 Å². The Labute approximate surface area is 146 Å². The molecule has 0 aliphatic heterocycles. The zero-order valence-corrected chi connectivity index (χ0v) is 14.1.